The van der Waals surface area contributed by atoms with Crippen LogP contribution < -0.4 is 0 Å². The lowest BCUT2D eigenvalue weighted by Crippen LogP contribution is -2.28. The van der Waals surface area contributed by atoms with E-state index >= 15 is 0 Å². The number of aliphatic hydroxyl groups excluding tert-OH is 1. The van der Waals surface area contributed by atoms with Gasteiger partial charge in [-0.3, -0.25) is 9.59 Å². The lowest BCUT2D eigenvalue weighted by molar-refractivity contribution is -0.161. The highest BCUT2D eigenvalue weighted by Gasteiger charge is 2.16. The third-order valence-electron chi connectivity index (χ3n) is 7.86. The van der Waals surface area contributed by atoms with Gasteiger partial charge in [0.25, 0.3) is 0 Å². The van der Waals surface area contributed by atoms with Crippen molar-refractivity contribution in [2.24, 2.45) is 0 Å². The van der Waals surface area contributed by atoms with Crippen molar-refractivity contribution in [1.29, 1.82) is 0 Å². The van der Waals surface area contributed by atoms with Crippen LogP contribution in [0.1, 0.15) is 155 Å². The number of allylic oxidation sites excluding steroid dienone is 16. The van der Waals surface area contributed by atoms with Gasteiger partial charge < -0.3 is 14.6 Å². The summed E-state index contributed by atoms with van der Waals surface area (Å²) in [5.74, 6) is -0.665. The molecule has 0 spiro atoms. The number of carbonyl (C=O) groups excluding carboxylic acids is 2. The van der Waals surface area contributed by atoms with E-state index in [0.717, 1.165) is 103 Å². The molecular formula is C45H72O5. The van der Waals surface area contributed by atoms with Gasteiger partial charge in [-0.2, -0.15) is 0 Å². The smallest absolute Gasteiger partial charge is 0.306 e. The van der Waals surface area contributed by atoms with Crippen LogP contribution in [0.5, 0.6) is 0 Å². The van der Waals surface area contributed by atoms with Crippen LogP contribution in [0.25, 0.3) is 0 Å². The molecule has 0 saturated carbocycles. The molecule has 0 amide bonds. The summed E-state index contributed by atoms with van der Waals surface area (Å²) in [6, 6.07) is 0. The second-order valence-electron chi connectivity index (χ2n) is 12.6. The van der Waals surface area contributed by atoms with Gasteiger partial charge in [-0.1, -0.05) is 143 Å². The van der Waals surface area contributed by atoms with E-state index in [4.69, 9.17) is 9.47 Å². The lowest BCUT2D eigenvalue weighted by atomic mass is 10.1. The minimum Gasteiger partial charge on any atom is -0.462 e. The number of unbranched alkanes of at least 4 members (excludes halogenated alkanes) is 10. The molecule has 0 aromatic carbocycles. The topological polar surface area (TPSA) is 72.8 Å². The van der Waals surface area contributed by atoms with E-state index in [2.05, 4.69) is 111 Å². The molecule has 50 heavy (non-hydrogen) atoms. The summed E-state index contributed by atoms with van der Waals surface area (Å²) in [6.07, 6.45) is 56.0. The third kappa shape index (κ3) is 37.6. The van der Waals surface area contributed by atoms with E-state index in [1.165, 1.54) is 25.7 Å². The summed E-state index contributed by atoms with van der Waals surface area (Å²) in [6.45, 7) is 3.93. The molecule has 5 heteroatoms. The molecule has 0 aliphatic carbocycles. The highest BCUT2D eigenvalue weighted by Crippen LogP contribution is 2.09. The molecule has 1 atom stereocenters. The summed E-state index contributed by atoms with van der Waals surface area (Å²) in [7, 11) is 0. The van der Waals surface area contributed by atoms with Crippen LogP contribution in [0, 0.1) is 0 Å². The molecule has 0 radical (unpaired) electrons. The fraction of sp³-hybridized carbons (Fsp3) is 0.600. The fourth-order valence-electron chi connectivity index (χ4n) is 4.88. The van der Waals surface area contributed by atoms with E-state index in [1.54, 1.807) is 0 Å². The maximum Gasteiger partial charge on any atom is 0.306 e. The van der Waals surface area contributed by atoms with Crippen molar-refractivity contribution in [2.45, 2.75) is 161 Å². The first-order valence-electron chi connectivity index (χ1n) is 19.8. The molecule has 0 fully saturated rings. The van der Waals surface area contributed by atoms with Gasteiger partial charge in [-0.15, -0.1) is 0 Å². The third-order valence-corrected chi connectivity index (χ3v) is 7.86. The predicted octanol–water partition coefficient (Wildman–Crippen LogP) is 12.5. The van der Waals surface area contributed by atoms with Gasteiger partial charge in [0.1, 0.15) is 6.61 Å². The van der Waals surface area contributed by atoms with Crippen LogP contribution in [0.2, 0.25) is 0 Å². The summed E-state index contributed by atoms with van der Waals surface area (Å²) in [5, 5.41) is 9.55. The molecule has 0 saturated heterocycles. The number of carbonyl (C=O) groups is 2. The van der Waals surface area contributed by atoms with Crippen molar-refractivity contribution in [1.82, 2.24) is 0 Å². The zero-order valence-corrected chi connectivity index (χ0v) is 31.9. The average Bonchev–Trinajstić information content (AvgIpc) is 3.12. The first-order chi connectivity index (χ1) is 24.6. The van der Waals surface area contributed by atoms with Crippen LogP contribution in [0.4, 0.5) is 0 Å². The number of ether oxygens (including phenoxy) is 2. The Bertz CT molecular complexity index is 1010. The summed E-state index contributed by atoms with van der Waals surface area (Å²) >= 11 is 0. The number of rotatable bonds is 34. The van der Waals surface area contributed by atoms with Crippen LogP contribution in [0.15, 0.2) is 97.2 Å². The Morgan fingerprint density at radius 2 is 0.860 bits per heavy atom. The van der Waals surface area contributed by atoms with Crippen molar-refractivity contribution >= 4 is 11.9 Å². The van der Waals surface area contributed by atoms with Gasteiger partial charge in [0.15, 0.2) is 6.10 Å². The molecule has 0 bridgehead atoms. The van der Waals surface area contributed by atoms with Gasteiger partial charge in [0.05, 0.1) is 6.61 Å². The molecule has 0 rings (SSSR count). The molecule has 5 nitrogen and oxygen atoms in total. The predicted molar refractivity (Wildman–Crippen MR) is 214 cm³/mol. The average molecular weight is 693 g/mol. The summed E-state index contributed by atoms with van der Waals surface area (Å²) in [5.41, 5.74) is 0. The van der Waals surface area contributed by atoms with Crippen molar-refractivity contribution in [2.75, 3.05) is 13.2 Å². The second-order valence-corrected chi connectivity index (χ2v) is 12.6. The monoisotopic (exact) mass is 693 g/mol. The van der Waals surface area contributed by atoms with Gasteiger partial charge in [0.2, 0.25) is 0 Å². The number of hydrogen-bond acceptors (Lipinski definition) is 5. The standard InChI is InChI=1S/C45H72O5/c1-3-5-7-9-11-13-15-17-19-21-22-24-26-28-30-32-34-36-38-40-45(48)50-43(41-46)42-49-44(47)39-37-35-33-31-29-27-25-23-20-18-16-14-12-10-8-6-4-2/h6,8,11-14,17-20,22,24-25,27-28,30,43,46H,3-5,7,9-10,15-16,21,23,26,29,31-42H2,1-2H3/t43-/m0/s1. The van der Waals surface area contributed by atoms with Gasteiger partial charge in [0, 0.05) is 12.8 Å². The highest BCUT2D eigenvalue weighted by atomic mass is 16.6. The molecule has 0 heterocycles. The zero-order chi connectivity index (χ0) is 36.4. The van der Waals surface area contributed by atoms with Gasteiger partial charge >= 0.3 is 11.9 Å². The Balaban J connectivity index is 3.72. The minimum absolute atomic E-state index is 0.0982. The molecule has 0 aliphatic rings. The van der Waals surface area contributed by atoms with Crippen LogP contribution in [0.3, 0.4) is 0 Å². The Labute approximate surface area is 307 Å². The number of hydrogen-bond donors (Lipinski definition) is 1. The van der Waals surface area contributed by atoms with E-state index in [1.807, 2.05) is 0 Å². The van der Waals surface area contributed by atoms with E-state index in [0.29, 0.717) is 12.8 Å². The van der Waals surface area contributed by atoms with Gasteiger partial charge in [-0.05, 0) is 96.3 Å². The van der Waals surface area contributed by atoms with Crippen LogP contribution in [-0.4, -0.2) is 36.4 Å². The first kappa shape index (κ1) is 46.8. The Morgan fingerprint density at radius 1 is 0.480 bits per heavy atom. The molecular weight excluding hydrogens is 620 g/mol. The fourth-order valence-corrected chi connectivity index (χ4v) is 4.88. The van der Waals surface area contributed by atoms with E-state index < -0.39 is 6.10 Å². The number of esters is 2. The quantitative estimate of drug-likeness (QED) is 0.0413. The van der Waals surface area contributed by atoms with Crippen molar-refractivity contribution in [3.8, 4) is 0 Å². The van der Waals surface area contributed by atoms with Crippen molar-refractivity contribution in [3.63, 3.8) is 0 Å². The summed E-state index contributed by atoms with van der Waals surface area (Å²) < 4.78 is 10.6. The Kier molecular flexibility index (Phi) is 37.7. The van der Waals surface area contributed by atoms with Crippen LogP contribution in [-0.2, 0) is 19.1 Å². The maximum atomic E-state index is 12.2. The van der Waals surface area contributed by atoms with E-state index in [9.17, 15) is 14.7 Å². The molecule has 0 aromatic heterocycles. The van der Waals surface area contributed by atoms with Crippen LogP contribution >= 0.6 is 0 Å². The Morgan fingerprint density at radius 3 is 1.30 bits per heavy atom. The SMILES string of the molecule is CCC=CCC=CCC=CCC=CCCCCCCC(=O)OC[C@H](CO)OC(=O)CCCCCC=CCC=CCC=CCC=CCCCCC. The minimum atomic E-state index is -0.804. The molecule has 1 N–H and O–H groups in total. The van der Waals surface area contributed by atoms with Crippen molar-refractivity contribution < 1.29 is 24.2 Å². The normalized spacial score (nSPS) is 13.3. The number of aliphatic hydroxyl groups is 1. The van der Waals surface area contributed by atoms with E-state index in [-0.39, 0.29) is 25.2 Å². The Hall–Kier alpha value is -3.18. The first-order valence-corrected chi connectivity index (χ1v) is 19.8. The molecule has 0 aromatic rings. The van der Waals surface area contributed by atoms with Crippen molar-refractivity contribution in [3.05, 3.63) is 97.2 Å². The van der Waals surface area contributed by atoms with Gasteiger partial charge in [-0.25, -0.2) is 0 Å². The largest absolute Gasteiger partial charge is 0.462 e. The maximum absolute atomic E-state index is 12.2. The lowest BCUT2D eigenvalue weighted by Gasteiger charge is -2.15. The zero-order valence-electron chi connectivity index (χ0n) is 31.9. The highest BCUT2D eigenvalue weighted by molar-refractivity contribution is 5.70. The molecule has 0 unspecified atom stereocenters. The molecule has 282 valence electrons. The summed E-state index contributed by atoms with van der Waals surface area (Å²) in [4.78, 5) is 24.3. The molecule has 0 aliphatic heterocycles. The second kappa shape index (κ2) is 40.3.